The maximum absolute atomic E-state index is 12.7. The predicted octanol–water partition coefficient (Wildman–Crippen LogP) is 3.04. The van der Waals surface area contributed by atoms with Crippen molar-refractivity contribution in [3.63, 3.8) is 0 Å². The van der Waals surface area contributed by atoms with E-state index in [1.807, 2.05) is 0 Å². The Morgan fingerprint density at radius 2 is 2.09 bits per heavy atom. The van der Waals surface area contributed by atoms with Crippen molar-refractivity contribution in [2.75, 3.05) is 13.1 Å². The van der Waals surface area contributed by atoms with Crippen molar-refractivity contribution in [3.8, 4) is 0 Å². The van der Waals surface area contributed by atoms with Crippen molar-refractivity contribution >= 4 is 5.91 Å². The number of rotatable bonds is 4. The van der Waals surface area contributed by atoms with Gasteiger partial charge in [0.05, 0.1) is 0 Å². The molecule has 1 spiro atoms. The average Bonchev–Trinajstić information content (AvgIpc) is 3.19. The van der Waals surface area contributed by atoms with Gasteiger partial charge in [0, 0.05) is 31.3 Å². The summed E-state index contributed by atoms with van der Waals surface area (Å²) < 4.78 is 0. The van der Waals surface area contributed by atoms with Crippen LogP contribution in [-0.2, 0) is 11.2 Å². The molecule has 4 rings (SSSR count). The van der Waals surface area contributed by atoms with E-state index in [1.165, 1.54) is 32.1 Å². The minimum atomic E-state index is 0.241. The Morgan fingerprint density at radius 3 is 2.74 bits per heavy atom. The molecule has 2 saturated carbocycles. The first-order valence-electron chi connectivity index (χ1n) is 9.42. The molecule has 5 heteroatoms. The smallest absolute Gasteiger partial charge is 0.225 e. The minimum absolute atomic E-state index is 0.241. The molecule has 1 atom stereocenters. The predicted molar refractivity (Wildman–Crippen MR) is 87.9 cm³/mol. The van der Waals surface area contributed by atoms with Crippen LogP contribution in [0.25, 0.3) is 0 Å². The van der Waals surface area contributed by atoms with E-state index in [0.29, 0.717) is 17.7 Å². The van der Waals surface area contributed by atoms with E-state index in [0.717, 1.165) is 50.4 Å². The van der Waals surface area contributed by atoms with Crippen molar-refractivity contribution in [1.82, 2.24) is 20.1 Å². The van der Waals surface area contributed by atoms with Crippen LogP contribution in [0.15, 0.2) is 0 Å². The fourth-order valence-corrected chi connectivity index (χ4v) is 4.81. The number of carbonyl (C=O) groups excluding carboxylic acids is 1. The van der Waals surface area contributed by atoms with Gasteiger partial charge in [0.2, 0.25) is 5.91 Å². The van der Waals surface area contributed by atoms with Crippen molar-refractivity contribution in [2.45, 2.75) is 70.6 Å². The third-order valence-corrected chi connectivity index (χ3v) is 6.36. The zero-order chi connectivity index (χ0) is 15.9. The van der Waals surface area contributed by atoms with Gasteiger partial charge in [-0.3, -0.25) is 9.89 Å². The fourth-order valence-electron chi connectivity index (χ4n) is 4.81. The van der Waals surface area contributed by atoms with E-state index >= 15 is 0 Å². The Labute approximate surface area is 138 Å². The summed E-state index contributed by atoms with van der Waals surface area (Å²) in [6, 6.07) is 0. The van der Waals surface area contributed by atoms with Crippen LogP contribution in [0.2, 0.25) is 0 Å². The molecule has 1 aliphatic heterocycles. The Kier molecular flexibility index (Phi) is 3.90. The number of likely N-dealkylation sites (tertiary alicyclic amines) is 1. The van der Waals surface area contributed by atoms with Gasteiger partial charge in [0.15, 0.2) is 5.82 Å². The fraction of sp³-hybridized carbons (Fsp3) is 0.833. The molecule has 1 saturated heterocycles. The molecule has 1 aromatic heterocycles. The van der Waals surface area contributed by atoms with E-state index in [9.17, 15) is 4.79 Å². The number of aromatic amines is 1. The summed E-state index contributed by atoms with van der Waals surface area (Å²) in [6.07, 6.45) is 10.5. The third-order valence-electron chi connectivity index (χ3n) is 6.36. The molecule has 23 heavy (non-hydrogen) atoms. The average molecular weight is 316 g/mol. The van der Waals surface area contributed by atoms with Crippen LogP contribution in [0.5, 0.6) is 0 Å². The molecule has 0 bridgehead atoms. The number of hydrogen-bond donors (Lipinski definition) is 1. The lowest BCUT2D eigenvalue weighted by Gasteiger charge is -2.30. The largest absolute Gasteiger partial charge is 0.341 e. The summed E-state index contributed by atoms with van der Waals surface area (Å²) in [5.41, 5.74) is 0.241. The quantitative estimate of drug-likeness (QED) is 0.928. The maximum atomic E-state index is 12.7. The van der Waals surface area contributed by atoms with E-state index in [-0.39, 0.29) is 5.41 Å². The SMILES string of the molecule is CCCc1nc(C2CN(C(=O)C3CCC3)CC23CCCC3)n[nH]1. The Hall–Kier alpha value is -1.39. The number of aromatic nitrogens is 3. The molecule has 3 fully saturated rings. The Morgan fingerprint density at radius 1 is 1.30 bits per heavy atom. The van der Waals surface area contributed by atoms with Gasteiger partial charge >= 0.3 is 0 Å². The first kappa shape index (κ1) is 15.2. The van der Waals surface area contributed by atoms with Crippen LogP contribution >= 0.6 is 0 Å². The topological polar surface area (TPSA) is 61.9 Å². The lowest BCUT2D eigenvalue weighted by Crippen LogP contribution is -2.38. The number of carbonyl (C=O) groups is 1. The summed E-state index contributed by atoms with van der Waals surface area (Å²) in [5.74, 6) is 2.99. The number of H-pyrrole nitrogens is 1. The minimum Gasteiger partial charge on any atom is -0.341 e. The number of nitrogens with one attached hydrogen (secondary N) is 1. The van der Waals surface area contributed by atoms with E-state index in [4.69, 9.17) is 4.98 Å². The molecule has 1 aromatic rings. The second-order valence-electron chi connectivity index (χ2n) is 7.86. The summed E-state index contributed by atoms with van der Waals surface area (Å²) in [7, 11) is 0. The molecule has 0 aromatic carbocycles. The van der Waals surface area contributed by atoms with Crippen LogP contribution in [0.1, 0.15) is 75.9 Å². The lowest BCUT2D eigenvalue weighted by atomic mass is 9.76. The molecular formula is C18H28N4O. The highest BCUT2D eigenvalue weighted by molar-refractivity contribution is 5.80. The highest BCUT2D eigenvalue weighted by Crippen LogP contribution is 2.53. The number of nitrogens with zero attached hydrogens (tertiary/aromatic N) is 3. The monoisotopic (exact) mass is 316 g/mol. The van der Waals surface area contributed by atoms with Crippen molar-refractivity contribution in [3.05, 3.63) is 11.6 Å². The molecular weight excluding hydrogens is 288 g/mol. The second-order valence-corrected chi connectivity index (χ2v) is 7.86. The summed E-state index contributed by atoms with van der Waals surface area (Å²) in [6.45, 7) is 3.93. The summed E-state index contributed by atoms with van der Waals surface area (Å²) >= 11 is 0. The van der Waals surface area contributed by atoms with Crippen molar-refractivity contribution in [1.29, 1.82) is 0 Å². The van der Waals surface area contributed by atoms with Crippen LogP contribution in [0, 0.1) is 11.3 Å². The molecule has 2 heterocycles. The number of aryl methyl sites for hydroxylation is 1. The summed E-state index contributed by atoms with van der Waals surface area (Å²) in [4.78, 5) is 19.6. The van der Waals surface area contributed by atoms with Gasteiger partial charge in [-0.15, -0.1) is 0 Å². The van der Waals surface area contributed by atoms with E-state index in [2.05, 4.69) is 22.0 Å². The van der Waals surface area contributed by atoms with Crippen LogP contribution in [0.3, 0.4) is 0 Å². The molecule has 1 amide bonds. The van der Waals surface area contributed by atoms with Gasteiger partial charge < -0.3 is 4.90 Å². The second kappa shape index (κ2) is 5.91. The molecule has 2 aliphatic carbocycles. The van der Waals surface area contributed by atoms with Crippen LogP contribution in [0.4, 0.5) is 0 Å². The van der Waals surface area contributed by atoms with Gasteiger partial charge in [-0.1, -0.05) is 26.2 Å². The third kappa shape index (κ3) is 2.58. The van der Waals surface area contributed by atoms with E-state index in [1.54, 1.807) is 0 Å². The molecule has 126 valence electrons. The highest BCUT2D eigenvalue weighted by atomic mass is 16.2. The van der Waals surface area contributed by atoms with Crippen LogP contribution in [-0.4, -0.2) is 39.1 Å². The number of amides is 1. The molecule has 0 radical (unpaired) electrons. The van der Waals surface area contributed by atoms with Gasteiger partial charge in [-0.25, -0.2) is 4.98 Å². The first-order valence-corrected chi connectivity index (χ1v) is 9.42. The van der Waals surface area contributed by atoms with Gasteiger partial charge in [-0.2, -0.15) is 5.10 Å². The molecule has 5 nitrogen and oxygen atoms in total. The summed E-state index contributed by atoms with van der Waals surface area (Å²) in [5, 5.41) is 7.65. The van der Waals surface area contributed by atoms with Gasteiger partial charge in [0.25, 0.3) is 0 Å². The zero-order valence-corrected chi connectivity index (χ0v) is 14.2. The normalized spacial score (nSPS) is 26.8. The Bertz CT molecular complexity index is 571. The Balaban J connectivity index is 1.56. The van der Waals surface area contributed by atoms with Crippen LogP contribution < -0.4 is 0 Å². The zero-order valence-electron chi connectivity index (χ0n) is 14.2. The van der Waals surface area contributed by atoms with E-state index < -0.39 is 0 Å². The van der Waals surface area contributed by atoms with Crippen molar-refractivity contribution < 1.29 is 4.79 Å². The highest BCUT2D eigenvalue weighted by Gasteiger charge is 2.52. The standard InChI is InChI=1S/C18H28N4O/c1-2-6-15-19-16(21-20-15)14-11-22(17(23)13-7-5-8-13)12-18(14)9-3-4-10-18/h13-14H,2-12H2,1H3,(H,19,20,21). The molecule has 1 unspecified atom stereocenters. The first-order chi connectivity index (χ1) is 11.2. The lowest BCUT2D eigenvalue weighted by molar-refractivity contribution is -0.137. The van der Waals surface area contributed by atoms with Gasteiger partial charge in [0.1, 0.15) is 5.82 Å². The van der Waals surface area contributed by atoms with Gasteiger partial charge in [-0.05, 0) is 37.5 Å². The number of hydrogen-bond acceptors (Lipinski definition) is 3. The van der Waals surface area contributed by atoms with Crippen molar-refractivity contribution in [2.24, 2.45) is 11.3 Å². The molecule has 3 aliphatic rings. The molecule has 1 N–H and O–H groups in total. The maximum Gasteiger partial charge on any atom is 0.225 e.